The number of hydrogen-bond acceptors (Lipinski definition) is 3. The number of carbonyl (C=O) groups excluding carboxylic acids is 1. The van der Waals surface area contributed by atoms with E-state index in [0.29, 0.717) is 18.7 Å². The molecule has 0 saturated heterocycles. The molecule has 1 atom stereocenters. The molecule has 1 heterocycles. The summed E-state index contributed by atoms with van der Waals surface area (Å²) in [5.74, 6) is 0.201. The molecule has 1 amide bonds. The fraction of sp³-hybridized carbons (Fsp3) is 0.312. The van der Waals surface area contributed by atoms with Crippen LogP contribution in [0.3, 0.4) is 0 Å². The van der Waals surface area contributed by atoms with Gasteiger partial charge < -0.3 is 10.6 Å². The highest BCUT2D eigenvalue weighted by Gasteiger charge is 2.31. The number of nitrogens with zero attached hydrogens (tertiary/aromatic N) is 2. The van der Waals surface area contributed by atoms with Crippen molar-refractivity contribution >= 4 is 16.8 Å². The van der Waals surface area contributed by atoms with Crippen molar-refractivity contribution in [3.8, 4) is 0 Å². The minimum absolute atomic E-state index is 0.0332. The SMILES string of the molecule is Cc1ccc(C(=O)N(CCCN)C(c2nc3ccccc3cc2Cc2ccccc2)C(C)C)cc1C. The second-order valence-corrected chi connectivity index (χ2v) is 10.0. The number of para-hydroxylation sites is 1. The van der Waals surface area contributed by atoms with Crippen molar-refractivity contribution in [1.82, 2.24) is 9.88 Å². The summed E-state index contributed by atoms with van der Waals surface area (Å²) < 4.78 is 0. The number of benzene rings is 3. The Kier molecular flexibility index (Phi) is 8.17. The van der Waals surface area contributed by atoms with Crippen LogP contribution in [0.25, 0.3) is 10.9 Å². The second kappa shape index (κ2) is 11.5. The molecule has 4 heteroatoms. The fourth-order valence-corrected chi connectivity index (χ4v) is 4.88. The van der Waals surface area contributed by atoms with E-state index < -0.39 is 0 Å². The third kappa shape index (κ3) is 5.66. The molecule has 186 valence electrons. The van der Waals surface area contributed by atoms with Crippen molar-refractivity contribution < 1.29 is 4.79 Å². The van der Waals surface area contributed by atoms with Crippen molar-refractivity contribution in [2.24, 2.45) is 11.7 Å². The summed E-state index contributed by atoms with van der Waals surface area (Å²) in [6.45, 7) is 9.60. The Morgan fingerprint density at radius 3 is 2.33 bits per heavy atom. The first kappa shape index (κ1) is 25.6. The van der Waals surface area contributed by atoms with E-state index in [1.807, 2.05) is 41.3 Å². The summed E-state index contributed by atoms with van der Waals surface area (Å²) in [5.41, 5.74) is 13.3. The quantitative estimate of drug-likeness (QED) is 0.293. The van der Waals surface area contributed by atoms with Gasteiger partial charge in [-0.15, -0.1) is 0 Å². The van der Waals surface area contributed by atoms with Crippen LogP contribution in [0.15, 0.2) is 78.9 Å². The van der Waals surface area contributed by atoms with Crippen LogP contribution in [-0.2, 0) is 6.42 Å². The van der Waals surface area contributed by atoms with Gasteiger partial charge in [0, 0.05) is 17.5 Å². The lowest BCUT2D eigenvalue weighted by Gasteiger charge is -2.36. The second-order valence-electron chi connectivity index (χ2n) is 10.0. The molecule has 0 radical (unpaired) electrons. The zero-order valence-corrected chi connectivity index (χ0v) is 21.9. The predicted octanol–water partition coefficient (Wildman–Crippen LogP) is 6.63. The van der Waals surface area contributed by atoms with Gasteiger partial charge in [-0.2, -0.15) is 0 Å². The number of aryl methyl sites for hydroxylation is 2. The molecule has 0 aliphatic carbocycles. The highest BCUT2D eigenvalue weighted by Crippen LogP contribution is 2.34. The Morgan fingerprint density at radius 2 is 1.64 bits per heavy atom. The molecule has 4 nitrogen and oxygen atoms in total. The van der Waals surface area contributed by atoms with Gasteiger partial charge in [0.05, 0.1) is 17.3 Å². The van der Waals surface area contributed by atoms with Crippen LogP contribution >= 0.6 is 0 Å². The minimum atomic E-state index is -0.172. The first-order valence-electron chi connectivity index (χ1n) is 12.9. The van der Waals surface area contributed by atoms with Crippen LogP contribution in [0, 0.1) is 19.8 Å². The van der Waals surface area contributed by atoms with Gasteiger partial charge in [-0.05, 0) is 85.7 Å². The van der Waals surface area contributed by atoms with E-state index in [1.165, 1.54) is 11.1 Å². The molecular weight excluding hydrogens is 442 g/mol. The number of pyridine rings is 1. The van der Waals surface area contributed by atoms with Gasteiger partial charge in [0.15, 0.2) is 0 Å². The van der Waals surface area contributed by atoms with Gasteiger partial charge in [-0.25, -0.2) is 0 Å². The summed E-state index contributed by atoms with van der Waals surface area (Å²) in [6, 6.07) is 26.8. The van der Waals surface area contributed by atoms with Crippen LogP contribution in [0.4, 0.5) is 0 Å². The van der Waals surface area contributed by atoms with Crippen LogP contribution in [0.5, 0.6) is 0 Å². The monoisotopic (exact) mass is 479 g/mol. The summed E-state index contributed by atoms with van der Waals surface area (Å²) in [7, 11) is 0. The van der Waals surface area contributed by atoms with Crippen LogP contribution in [0.1, 0.15) is 64.6 Å². The standard InChI is InChI=1S/C32H37N3O/c1-22(2)31(35(18-10-17-33)32(36)27-16-15-23(3)24(4)19-27)30-28(20-25-11-6-5-7-12-25)21-26-13-8-9-14-29(26)34-30/h5-9,11-16,19,21-22,31H,10,17-18,20,33H2,1-4H3. The maximum absolute atomic E-state index is 14.0. The molecular formula is C32H37N3O. The number of amides is 1. The molecule has 2 N–H and O–H groups in total. The number of rotatable bonds is 9. The molecule has 0 bridgehead atoms. The van der Waals surface area contributed by atoms with Crippen molar-refractivity contribution in [1.29, 1.82) is 0 Å². The Morgan fingerprint density at radius 1 is 0.917 bits per heavy atom. The Hall–Kier alpha value is -3.50. The normalized spacial score (nSPS) is 12.2. The summed E-state index contributed by atoms with van der Waals surface area (Å²) in [5, 5.41) is 1.11. The fourth-order valence-electron chi connectivity index (χ4n) is 4.88. The maximum Gasteiger partial charge on any atom is 0.254 e. The lowest BCUT2D eigenvalue weighted by atomic mass is 9.90. The van der Waals surface area contributed by atoms with E-state index in [9.17, 15) is 4.79 Å². The van der Waals surface area contributed by atoms with E-state index in [-0.39, 0.29) is 17.9 Å². The number of hydrogen-bond donors (Lipinski definition) is 1. The topological polar surface area (TPSA) is 59.2 Å². The Balaban J connectivity index is 1.86. The smallest absolute Gasteiger partial charge is 0.254 e. The summed E-state index contributed by atoms with van der Waals surface area (Å²) in [6.07, 6.45) is 1.50. The van der Waals surface area contributed by atoms with E-state index >= 15 is 0 Å². The van der Waals surface area contributed by atoms with E-state index in [4.69, 9.17) is 10.7 Å². The molecule has 4 aromatic rings. The molecule has 0 aliphatic heterocycles. The van der Waals surface area contributed by atoms with Crippen LogP contribution in [0.2, 0.25) is 0 Å². The van der Waals surface area contributed by atoms with Crippen molar-refractivity contribution in [2.45, 2.75) is 46.6 Å². The Labute approximate surface area is 215 Å². The molecule has 0 fully saturated rings. The number of fused-ring (bicyclic) bond motifs is 1. The van der Waals surface area contributed by atoms with Crippen molar-refractivity contribution in [3.05, 3.63) is 112 Å². The summed E-state index contributed by atoms with van der Waals surface area (Å²) in [4.78, 5) is 21.2. The van der Waals surface area contributed by atoms with Crippen molar-refractivity contribution in [3.63, 3.8) is 0 Å². The minimum Gasteiger partial charge on any atom is -0.330 e. The molecule has 1 unspecified atom stereocenters. The number of nitrogens with two attached hydrogens (primary N) is 1. The molecule has 0 spiro atoms. The van der Waals surface area contributed by atoms with Crippen LogP contribution in [-0.4, -0.2) is 28.9 Å². The first-order valence-corrected chi connectivity index (χ1v) is 12.9. The molecule has 0 saturated carbocycles. The van der Waals surface area contributed by atoms with E-state index in [2.05, 4.69) is 70.2 Å². The lowest BCUT2D eigenvalue weighted by molar-refractivity contribution is 0.0614. The highest BCUT2D eigenvalue weighted by atomic mass is 16.2. The van der Waals surface area contributed by atoms with Gasteiger partial charge in [-0.3, -0.25) is 9.78 Å². The predicted molar refractivity (Wildman–Crippen MR) is 149 cm³/mol. The number of aromatic nitrogens is 1. The first-order chi connectivity index (χ1) is 17.4. The summed E-state index contributed by atoms with van der Waals surface area (Å²) >= 11 is 0. The van der Waals surface area contributed by atoms with Gasteiger partial charge in [0.2, 0.25) is 0 Å². The molecule has 0 aliphatic rings. The number of carbonyl (C=O) groups is 1. The molecule has 36 heavy (non-hydrogen) atoms. The van der Waals surface area contributed by atoms with E-state index in [1.54, 1.807) is 0 Å². The van der Waals surface area contributed by atoms with Gasteiger partial charge in [-0.1, -0.05) is 68.4 Å². The van der Waals surface area contributed by atoms with Crippen molar-refractivity contribution in [2.75, 3.05) is 13.1 Å². The zero-order chi connectivity index (χ0) is 25.7. The molecule has 4 rings (SSSR count). The average molecular weight is 480 g/mol. The van der Waals surface area contributed by atoms with Gasteiger partial charge in [0.25, 0.3) is 5.91 Å². The van der Waals surface area contributed by atoms with Gasteiger partial charge in [0.1, 0.15) is 0 Å². The highest BCUT2D eigenvalue weighted by molar-refractivity contribution is 5.95. The largest absolute Gasteiger partial charge is 0.330 e. The third-order valence-electron chi connectivity index (χ3n) is 6.94. The average Bonchev–Trinajstić information content (AvgIpc) is 2.88. The lowest BCUT2D eigenvalue weighted by Crippen LogP contribution is -2.40. The Bertz CT molecular complexity index is 1330. The molecule has 3 aromatic carbocycles. The van der Waals surface area contributed by atoms with Crippen LogP contribution < -0.4 is 5.73 Å². The maximum atomic E-state index is 14.0. The van der Waals surface area contributed by atoms with Gasteiger partial charge >= 0.3 is 0 Å². The zero-order valence-electron chi connectivity index (χ0n) is 21.9. The third-order valence-corrected chi connectivity index (χ3v) is 6.94. The molecule has 1 aromatic heterocycles. The van der Waals surface area contributed by atoms with E-state index in [0.717, 1.165) is 40.6 Å².